The van der Waals surface area contributed by atoms with Crippen LogP contribution in [0.2, 0.25) is 0 Å². The highest BCUT2D eigenvalue weighted by Gasteiger charge is 2.41. The summed E-state index contributed by atoms with van der Waals surface area (Å²) in [4.78, 5) is 0. The summed E-state index contributed by atoms with van der Waals surface area (Å²) in [6.45, 7) is 4.14. The molecule has 100 valence electrons. The molecule has 0 radical (unpaired) electrons. The van der Waals surface area contributed by atoms with Crippen molar-refractivity contribution in [2.24, 2.45) is 5.92 Å². The fraction of sp³-hybridized carbons (Fsp3) is 1.00. The second-order valence-electron chi connectivity index (χ2n) is 5.51. The predicted octanol–water partition coefficient (Wildman–Crippen LogP) is 2.51. The van der Waals surface area contributed by atoms with Gasteiger partial charge in [-0.2, -0.15) is 0 Å². The number of ether oxygens (including phenoxy) is 2. The van der Waals surface area contributed by atoms with Crippen LogP contribution in [-0.2, 0) is 9.47 Å². The second-order valence-corrected chi connectivity index (χ2v) is 5.51. The van der Waals surface area contributed by atoms with Crippen molar-refractivity contribution in [2.75, 3.05) is 19.8 Å². The summed E-state index contributed by atoms with van der Waals surface area (Å²) in [5.41, 5.74) is -0.324. The number of rotatable bonds is 5. The Morgan fingerprint density at radius 1 is 1.29 bits per heavy atom. The first kappa shape index (κ1) is 13.3. The van der Waals surface area contributed by atoms with Gasteiger partial charge in [-0.05, 0) is 19.3 Å². The largest absolute Gasteiger partial charge is 0.390 e. The van der Waals surface area contributed by atoms with E-state index < -0.39 is 0 Å². The molecule has 2 aliphatic rings. The molecule has 0 aromatic carbocycles. The number of hydrogen-bond acceptors (Lipinski definition) is 3. The Kier molecular flexibility index (Phi) is 4.83. The molecule has 3 nitrogen and oxygen atoms in total. The van der Waals surface area contributed by atoms with Gasteiger partial charge in [-0.15, -0.1) is 0 Å². The Morgan fingerprint density at radius 2 is 1.94 bits per heavy atom. The smallest absolute Gasteiger partial charge is 0.0983 e. The molecule has 1 atom stereocenters. The SMILES string of the molecule is CCOC1(C(O)CC2CCCC2)CCOCC1. The number of aliphatic hydroxyl groups is 1. The third kappa shape index (κ3) is 3.21. The zero-order valence-electron chi connectivity index (χ0n) is 11.0. The molecule has 1 aliphatic carbocycles. The van der Waals surface area contributed by atoms with Crippen LogP contribution in [0.25, 0.3) is 0 Å². The normalized spacial score (nSPS) is 27.2. The molecule has 3 heteroatoms. The van der Waals surface area contributed by atoms with E-state index in [1.54, 1.807) is 0 Å². The molecule has 2 rings (SSSR count). The van der Waals surface area contributed by atoms with Gasteiger partial charge in [0.25, 0.3) is 0 Å². The quantitative estimate of drug-likeness (QED) is 0.805. The van der Waals surface area contributed by atoms with E-state index in [4.69, 9.17) is 9.47 Å². The standard InChI is InChI=1S/C14H26O3/c1-2-17-14(7-9-16-10-8-14)13(15)11-12-5-3-4-6-12/h12-13,15H,2-11H2,1H3. The Hall–Kier alpha value is -0.120. The molecule has 0 bridgehead atoms. The van der Waals surface area contributed by atoms with E-state index in [1.807, 2.05) is 6.92 Å². The molecule has 1 unspecified atom stereocenters. The Morgan fingerprint density at radius 3 is 2.53 bits per heavy atom. The van der Waals surface area contributed by atoms with Crippen molar-refractivity contribution in [3.63, 3.8) is 0 Å². The van der Waals surface area contributed by atoms with Gasteiger partial charge in [0.2, 0.25) is 0 Å². The van der Waals surface area contributed by atoms with Gasteiger partial charge in [0.15, 0.2) is 0 Å². The highest BCUT2D eigenvalue weighted by molar-refractivity contribution is 4.92. The number of hydrogen-bond donors (Lipinski definition) is 1. The molecule has 1 saturated heterocycles. The van der Waals surface area contributed by atoms with Gasteiger partial charge in [0.05, 0.1) is 11.7 Å². The predicted molar refractivity (Wildman–Crippen MR) is 67.0 cm³/mol. The average molecular weight is 242 g/mol. The first-order chi connectivity index (χ1) is 8.27. The van der Waals surface area contributed by atoms with Gasteiger partial charge < -0.3 is 14.6 Å². The third-order valence-electron chi connectivity index (χ3n) is 4.41. The first-order valence-corrected chi connectivity index (χ1v) is 7.16. The van der Waals surface area contributed by atoms with E-state index >= 15 is 0 Å². The Balaban J connectivity index is 1.93. The van der Waals surface area contributed by atoms with Gasteiger partial charge in [-0.3, -0.25) is 0 Å². The van der Waals surface area contributed by atoms with Crippen molar-refractivity contribution in [1.82, 2.24) is 0 Å². The fourth-order valence-corrected chi connectivity index (χ4v) is 3.35. The van der Waals surface area contributed by atoms with Crippen molar-refractivity contribution >= 4 is 0 Å². The van der Waals surface area contributed by atoms with Gasteiger partial charge >= 0.3 is 0 Å². The molecular weight excluding hydrogens is 216 g/mol. The molecule has 17 heavy (non-hydrogen) atoms. The zero-order valence-corrected chi connectivity index (χ0v) is 11.0. The summed E-state index contributed by atoms with van der Waals surface area (Å²) in [6.07, 6.45) is 7.54. The van der Waals surface area contributed by atoms with Crippen molar-refractivity contribution in [2.45, 2.75) is 63.6 Å². The lowest BCUT2D eigenvalue weighted by Crippen LogP contribution is -2.49. The molecule has 1 saturated carbocycles. The van der Waals surface area contributed by atoms with E-state index in [-0.39, 0.29) is 11.7 Å². The lowest BCUT2D eigenvalue weighted by atomic mass is 9.82. The molecule has 0 aromatic rings. The summed E-state index contributed by atoms with van der Waals surface area (Å²) in [5, 5.41) is 10.5. The molecule has 0 spiro atoms. The van der Waals surface area contributed by atoms with E-state index in [2.05, 4.69) is 0 Å². The van der Waals surface area contributed by atoms with Gasteiger partial charge in [-0.25, -0.2) is 0 Å². The highest BCUT2D eigenvalue weighted by atomic mass is 16.5. The molecule has 1 heterocycles. The third-order valence-corrected chi connectivity index (χ3v) is 4.41. The number of aliphatic hydroxyl groups excluding tert-OH is 1. The first-order valence-electron chi connectivity index (χ1n) is 7.16. The van der Waals surface area contributed by atoms with Crippen LogP contribution in [0.4, 0.5) is 0 Å². The topological polar surface area (TPSA) is 38.7 Å². The summed E-state index contributed by atoms with van der Waals surface area (Å²) in [6, 6.07) is 0. The van der Waals surface area contributed by atoms with Gasteiger partial charge in [-0.1, -0.05) is 25.7 Å². The molecule has 0 amide bonds. The van der Waals surface area contributed by atoms with Crippen LogP contribution in [-0.4, -0.2) is 36.6 Å². The van der Waals surface area contributed by atoms with Crippen LogP contribution in [0, 0.1) is 5.92 Å². The summed E-state index contributed by atoms with van der Waals surface area (Å²) < 4.78 is 11.3. The minimum atomic E-state index is -0.324. The monoisotopic (exact) mass is 242 g/mol. The Bertz CT molecular complexity index is 212. The lowest BCUT2D eigenvalue weighted by Gasteiger charge is -2.41. The van der Waals surface area contributed by atoms with Gasteiger partial charge in [0, 0.05) is 32.7 Å². The Labute approximate surface area is 104 Å². The van der Waals surface area contributed by atoms with Crippen LogP contribution in [0.1, 0.15) is 51.9 Å². The molecule has 1 aliphatic heterocycles. The van der Waals surface area contributed by atoms with Crippen LogP contribution >= 0.6 is 0 Å². The minimum Gasteiger partial charge on any atom is -0.390 e. The lowest BCUT2D eigenvalue weighted by molar-refractivity contribution is -0.170. The van der Waals surface area contributed by atoms with E-state index in [9.17, 15) is 5.11 Å². The maximum Gasteiger partial charge on any atom is 0.0983 e. The van der Waals surface area contributed by atoms with Crippen LogP contribution in [0.3, 0.4) is 0 Å². The van der Waals surface area contributed by atoms with Crippen molar-refractivity contribution < 1.29 is 14.6 Å². The minimum absolute atomic E-state index is 0.311. The highest BCUT2D eigenvalue weighted by Crippen LogP contribution is 2.36. The van der Waals surface area contributed by atoms with Crippen LogP contribution < -0.4 is 0 Å². The maximum absolute atomic E-state index is 10.5. The zero-order chi connectivity index (χ0) is 12.1. The van der Waals surface area contributed by atoms with Crippen LogP contribution in [0.15, 0.2) is 0 Å². The summed E-state index contributed by atoms with van der Waals surface area (Å²) >= 11 is 0. The molecule has 2 fully saturated rings. The summed E-state index contributed by atoms with van der Waals surface area (Å²) in [7, 11) is 0. The molecule has 0 aromatic heterocycles. The van der Waals surface area contributed by atoms with Gasteiger partial charge in [0.1, 0.15) is 0 Å². The second kappa shape index (κ2) is 6.17. The average Bonchev–Trinajstić information content (AvgIpc) is 2.83. The van der Waals surface area contributed by atoms with Crippen molar-refractivity contribution in [3.05, 3.63) is 0 Å². The van der Waals surface area contributed by atoms with E-state index in [0.29, 0.717) is 12.5 Å². The van der Waals surface area contributed by atoms with Crippen molar-refractivity contribution in [1.29, 1.82) is 0 Å². The van der Waals surface area contributed by atoms with E-state index in [0.717, 1.165) is 32.5 Å². The summed E-state index contributed by atoms with van der Waals surface area (Å²) in [5.74, 6) is 0.713. The maximum atomic E-state index is 10.5. The van der Waals surface area contributed by atoms with E-state index in [1.165, 1.54) is 25.7 Å². The fourth-order valence-electron chi connectivity index (χ4n) is 3.35. The molecule has 1 N–H and O–H groups in total. The molecular formula is C14H26O3. The van der Waals surface area contributed by atoms with Crippen molar-refractivity contribution in [3.8, 4) is 0 Å². The van der Waals surface area contributed by atoms with Crippen LogP contribution in [0.5, 0.6) is 0 Å².